The monoisotopic (exact) mass is 513 g/mol. The fourth-order valence-electron chi connectivity index (χ4n) is 2.19. The third kappa shape index (κ3) is 4.99. The predicted octanol–water partition coefficient (Wildman–Crippen LogP) is 4.66. The summed E-state index contributed by atoms with van der Waals surface area (Å²) >= 11 is 14.0. The SMILES string of the molecule is O=C(O)CCCN(c1ccccc1I)S(=O)(=O)c1cc(Cl)ccc1Cl. The highest BCUT2D eigenvalue weighted by Crippen LogP contribution is 2.32. The van der Waals surface area contributed by atoms with E-state index in [2.05, 4.69) is 0 Å². The summed E-state index contributed by atoms with van der Waals surface area (Å²) in [6, 6.07) is 11.2. The molecule has 0 unspecified atom stereocenters. The van der Waals surface area contributed by atoms with Crippen molar-refractivity contribution in [3.63, 3.8) is 0 Å². The maximum absolute atomic E-state index is 13.2. The highest BCUT2D eigenvalue weighted by molar-refractivity contribution is 14.1. The van der Waals surface area contributed by atoms with Gasteiger partial charge in [-0.15, -0.1) is 0 Å². The molecule has 2 rings (SSSR count). The van der Waals surface area contributed by atoms with E-state index < -0.39 is 16.0 Å². The number of carboxylic acid groups (broad SMARTS) is 1. The molecule has 0 bridgehead atoms. The second-order valence-electron chi connectivity index (χ2n) is 5.10. The minimum absolute atomic E-state index is 0.0114. The largest absolute Gasteiger partial charge is 0.481 e. The zero-order valence-corrected chi connectivity index (χ0v) is 17.3. The normalized spacial score (nSPS) is 11.3. The van der Waals surface area contributed by atoms with Gasteiger partial charge in [0.25, 0.3) is 10.0 Å². The molecule has 0 atom stereocenters. The number of carboxylic acids is 1. The number of anilines is 1. The summed E-state index contributed by atoms with van der Waals surface area (Å²) in [5.41, 5.74) is 0.463. The van der Waals surface area contributed by atoms with Crippen LogP contribution in [0.2, 0.25) is 10.0 Å². The summed E-state index contributed by atoms with van der Waals surface area (Å²) in [6.07, 6.45) is 0.0242. The first-order valence-corrected chi connectivity index (χ1v) is 10.4. The molecule has 0 saturated heterocycles. The van der Waals surface area contributed by atoms with Crippen molar-refractivity contribution in [1.29, 1.82) is 0 Å². The lowest BCUT2D eigenvalue weighted by Gasteiger charge is -2.26. The van der Waals surface area contributed by atoms with Gasteiger partial charge >= 0.3 is 5.97 Å². The first kappa shape index (κ1) is 20.3. The Hall–Kier alpha value is -1.03. The molecule has 2 aromatic rings. The number of hydrogen-bond donors (Lipinski definition) is 1. The van der Waals surface area contributed by atoms with Gasteiger partial charge in [0.15, 0.2) is 0 Å². The van der Waals surface area contributed by atoms with Crippen molar-refractivity contribution in [1.82, 2.24) is 0 Å². The summed E-state index contributed by atoms with van der Waals surface area (Å²) in [5.74, 6) is -0.985. The van der Waals surface area contributed by atoms with Crippen molar-refractivity contribution < 1.29 is 18.3 Å². The van der Waals surface area contributed by atoms with Gasteiger partial charge in [-0.2, -0.15) is 0 Å². The molecule has 0 saturated carbocycles. The van der Waals surface area contributed by atoms with Crippen molar-refractivity contribution in [2.45, 2.75) is 17.7 Å². The summed E-state index contributed by atoms with van der Waals surface area (Å²) < 4.78 is 28.2. The van der Waals surface area contributed by atoms with E-state index in [1.54, 1.807) is 24.3 Å². The average molecular weight is 514 g/mol. The lowest BCUT2D eigenvalue weighted by Crippen LogP contribution is -2.33. The maximum atomic E-state index is 13.2. The molecule has 5 nitrogen and oxygen atoms in total. The number of sulfonamides is 1. The van der Waals surface area contributed by atoms with E-state index >= 15 is 0 Å². The van der Waals surface area contributed by atoms with Gasteiger partial charge in [0, 0.05) is 21.6 Å². The van der Waals surface area contributed by atoms with Crippen molar-refractivity contribution in [2.75, 3.05) is 10.8 Å². The Morgan fingerprint density at radius 2 is 1.84 bits per heavy atom. The molecule has 0 amide bonds. The Morgan fingerprint density at radius 1 is 1.16 bits per heavy atom. The zero-order valence-electron chi connectivity index (χ0n) is 12.8. The first-order chi connectivity index (χ1) is 11.7. The molecule has 0 spiro atoms. The van der Waals surface area contributed by atoms with E-state index in [-0.39, 0.29) is 34.3 Å². The standard InChI is InChI=1S/C16H14Cl2INO4S/c17-11-7-8-12(18)15(10-11)25(23,24)20(9-3-6-16(21)22)14-5-2-1-4-13(14)19/h1-2,4-5,7-8,10H,3,6,9H2,(H,21,22). The third-order valence-corrected chi connectivity index (χ3v) is 6.78. The predicted molar refractivity (Wildman–Crippen MR) is 107 cm³/mol. The van der Waals surface area contributed by atoms with Gasteiger partial charge < -0.3 is 5.11 Å². The Kier molecular flexibility index (Phi) is 6.95. The molecule has 0 fully saturated rings. The summed E-state index contributed by atoms with van der Waals surface area (Å²) in [5, 5.41) is 9.14. The van der Waals surface area contributed by atoms with Gasteiger partial charge in [-0.3, -0.25) is 9.10 Å². The van der Waals surface area contributed by atoms with Crippen LogP contribution in [0.1, 0.15) is 12.8 Å². The van der Waals surface area contributed by atoms with Crippen LogP contribution in [0.4, 0.5) is 5.69 Å². The minimum Gasteiger partial charge on any atom is -0.481 e. The number of nitrogens with zero attached hydrogens (tertiary/aromatic N) is 1. The van der Waals surface area contributed by atoms with E-state index in [4.69, 9.17) is 28.3 Å². The van der Waals surface area contributed by atoms with Crippen LogP contribution >= 0.6 is 45.8 Å². The fraction of sp³-hybridized carbons (Fsp3) is 0.188. The second kappa shape index (κ2) is 8.57. The molecule has 1 N–H and O–H groups in total. The third-order valence-electron chi connectivity index (χ3n) is 3.33. The Bertz CT molecular complexity index is 889. The number of rotatable bonds is 7. The van der Waals surface area contributed by atoms with Crippen LogP contribution < -0.4 is 4.31 Å². The van der Waals surface area contributed by atoms with Gasteiger partial charge in [-0.25, -0.2) is 8.42 Å². The molecular formula is C16H14Cl2INO4S. The number of para-hydroxylation sites is 1. The van der Waals surface area contributed by atoms with Gasteiger partial charge in [0.05, 0.1) is 10.7 Å². The van der Waals surface area contributed by atoms with Crippen LogP contribution in [-0.4, -0.2) is 26.0 Å². The van der Waals surface area contributed by atoms with E-state index in [0.29, 0.717) is 5.69 Å². The summed E-state index contributed by atoms with van der Waals surface area (Å²) in [7, 11) is -4.01. The maximum Gasteiger partial charge on any atom is 0.303 e. The Morgan fingerprint density at radius 3 is 2.48 bits per heavy atom. The molecule has 0 heterocycles. The van der Waals surface area contributed by atoms with Gasteiger partial charge in [0.2, 0.25) is 0 Å². The van der Waals surface area contributed by atoms with Crippen molar-refractivity contribution in [3.05, 3.63) is 56.1 Å². The number of halogens is 3. The smallest absolute Gasteiger partial charge is 0.303 e. The summed E-state index contributed by atoms with van der Waals surface area (Å²) in [4.78, 5) is 10.7. The molecule has 0 aromatic heterocycles. The van der Waals surface area contributed by atoms with E-state index in [0.717, 1.165) is 3.57 Å². The molecule has 0 radical (unpaired) electrons. The molecular weight excluding hydrogens is 500 g/mol. The molecule has 0 aliphatic heterocycles. The Labute approximate surface area is 169 Å². The minimum atomic E-state index is -4.01. The highest BCUT2D eigenvalue weighted by atomic mass is 127. The van der Waals surface area contributed by atoms with Crippen LogP contribution in [-0.2, 0) is 14.8 Å². The van der Waals surface area contributed by atoms with Gasteiger partial charge in [-0.05, 0) is 59.3 Å². The van der Waals surface area contributed by atoms with E-state index in [9.17, 15) is 13.2 Å². The number of hydrogen-bond acceptors (Lipinski definition) is 3. The van der Waals surface area contributed by atoms with E-state index in [1.165, 1.54) is 22.5 Å². The molecule has 25 heavy (non-hydrogen) atoms. The number of carbonyl (C=O) groups is 1. The van der Waals surface area contributed by atoms with Gasteiger partial charge in [-0.1, -0.05) is 35.3 Å². The van der Waals surface area contributed by atoms with Crippen LogP contribution in [0.3, 0.4) is 0 Å². The Balaban J connectivity index is 2.51. The highest BCUT2D eigenvalue weighted by Gasteiger charge is 2.28. The number of benzene rings is 2. The lowest BCUT2D eigenvalue weighted by molar-refractivity contribution is -0.137. The fourth-order valence-corrected chi connectivity index (χ4v) is 5.30. The van der Waals surface area contributed by atoms with Crippen molar-refractivity contribution in [2.24, 2.45) is 0 Å². The van der Waals surface area contributed by atoms with Crippen LogP contribution in [0.5, 0.6) is 0 Å². The molecule has 134 valence electrons. The van der Waals surface area contributed by atoms with Gasteiger partial charge in [0.1, 0.15) is 4.90 Å². The van der Waals surface area contributed by atoms with Crippen LogP contribution in [0.25, 0.3) is 0 Å². The quantitative estimate of drug-likeness (QED) is 0.546. The summed E-state index contributed by atoms with van der Waals surface area (Å²) in [6.45, 7) is 0.0114. The van der Waals surface area contributed by atoms with Crippen molar-refractivity contribution in [3.8, 4) is 0 Å². The molecule has 0 aliphatic rings. The van der Waals surface area contributed by atoms with E-state index in [1.807, 2.05) is 22.6 Å². The van der Waals surface area contributed by atoms with Crippen LogP contribution in [0, 0.1) is 3.57 Å². The first-order valence-electron chi connectivity index (χ1n) is 7.17. The molecule has 9 heteroatoms. The lowest BCUT2D eigenvalue weighted by atomic mass is 10.3. The van der Waals surface area contributed by atoms with Crippen LogP contribution in [0.15, 0.2) is 47.4 Å². The average Bonchev–Trinajstić information content (AvgIpc) is 2.54. The number of aliphatic carboxylic acids is 1. The molecule has 2 aromatic carbocycles. The second-order valence-corrected chi connectivity index (χ2v) is 8.94. The topological polar surface area (TPSA) is 74.7 Å². The zero-order chi connectivity index (χ0) is 18.6. The van der Waals surface area contributed by atoms with Crippen molar-refractivity contribution >= 4 is 67.5 Å². The molecule has 0 aliphatic carbocycles.